The molecule has 1 heterocycles. The highest BCUT2D eigenvalue weighted by Crippen LogP contribution is 2.47. The predicted octanol–water partition coefficient (Wildman–Crippen LogP) is 2.62. The van der Waals surface area contributed by atoms with Gasteiger partial charge in [-0.05, 0) is 31.1 Å². The number of rotatable bonds is 4. The van der Waals surface area contributed by atoms with Crippen molar-refractivity contribution in [2.45, 2.75) is 37.9 Å². The highest BCUT2D eigenvalue weighted by atomic mass is 35.5. The fourth-order valence-corrected chi connectivity index (χ4v) is 4.50. The van der Waals surface area contributed by atoms with Crippen molar-refractivity contribution >= 4 is 29.7 Å². The molecule has 1 aromatic rings. The first-order chi connectivity index (χ1) is 10.4. The number of carbonyl (C=O) groups is 1. The van der Waals surface area contributed by atoms with Gasteiger partial charge in [-0.1, -0.05) is 0 Å². The molecule has 2 saturated carbocycles. The number of nitrogens with zero attached hydrogens (tertiary/aromatic N) is 1. The van der Waals surface area contributed by atoms with Crippen LogP contribution in [0.4, 0.5) is 13.2 Å². The van der Waals surface area contributed by atoms with Crippen LogP contribution in [-0.2, 0) is 17.4 Å². The molecule has 1 amide bonds. The predicted molar refractivity (Wildman–Crippen MR) is 83.4 cm³/mol. The molecule has 4 unspecified atom stereocenters. The highest BCUT2D eigenvalue weighted by molar-refractivity contribution is 7.09. The van der Waals surface area contributed by atoms with Crippen molar-refractivity contribution in [2.24, 2.45) is 23.5 Å². The molecule has 2 aliphatic rings. The molecule has 0 aliphatic heterocycles. The molecular weight excluding hydrogens is 351 g/mol. The van der Waals surface area contributed by atoms with Crippen molar-refractivity contribution in [1.82, 2.24) is 10.3 Å². The third-order valence-corrected chi connectivity index (χ3v) is 5.67. The zero-order valence-electron chi connectivity index (χ0n) is 12.3. The molecule has 9 heteroatoms. The molecule has 4 atom stereocenters. The number of nitrogens with two attached hydrogens (primary N) is 1. The molecule has 0 saturated heterocycles. The minimum atomic E-state index is -4.41. The van der Waals surface area contributed by atoms with Gasteiger partial charge in [-0.15, -0.1) is 23.7 Å². The molecule has 2 aliphatic carbocycles. The van der Waals surface area contributed by atoms with E-state index in [0.717, 1.165) is 36.0 Å². The van der Waals surface area contributed by atoms with E-state index >= 15 is 0 Å². The van der Waals surface area contributed by atoms with Crippen LogP contribution in [0.3, 0.4) is 0 Å². The molecule has 1 aromatic heterocycles. The second-order valence-corrected chi connectivity index (χ2v) is 7.04. The number of hydrogen-bond acceptors (Lipinski definition) is 4. The summed E-state index contributed by atoms with van der Waals surface area (Å²) in [6.07, 6.45) is -0.913. The fraction of sp³-hybridized carbons (Fsp3) is 0.714. The number of hydrogen-bond donors (Lipinski definition) is 2. The van der Waals surface area contributed by atoms with Gasteiger partial charge in [0, 0.05) is 24.4 Å². The normalized spacial score (nSPS) is 29.4. The van der Waals surface area contributed by atoms with Gasteiger partial charge < -0.3 is 11.1 Å². The van der Waals surface area contributed by atoms with E-state index in [0.29, 0.717) is 29.8 Å². The number of halogens is 4. The van der Waals surface area contributed by atoms with E-state index in [1.807, 2.05) is 0 Å². The van der Waals surface area contributed by atoms with E-state index in [4.69, 9.17) is 5.73 Å². The molecule has 0 aromatic carbocycles. The average Bonchev–Trinajstić information content (AvgIpc) is 3.11. The van der Waals surface area contributed by atoms with Crippen LogP contribution < -0.4 is 11.1 Å². The van der Waals surface area contributed by atoms with Gasteiger partial charge in [-0.2, -0.15) is 13.2 Å². The van der Waals surface area contributed by atoms with Crippen molar-refractivity contribution in [2.75, 3.05) is 6.54 Å². The second kappa shape index (κ2) is 6.94. The Balaban J connectivity index is 0.00000192. The summed E-state index contributed by atoms with van der Waals surface area (Å²) in [6.45, 7) is 0.296. The highest BCUT2D eigenvalue weighted by Gasteiger charge is 2.48. The van der Waals surface area contributed by atoms with Crippen LogP contribution in [0.15, 0.2) is 5.38 Å². The summed E-state index contributed by atoms with van der Waals surface area (Å²) in [5.74, 6) is 0.624. The topological polar surface area (TPSA) is 68.0 Å². The number of fused-ring (bicyclic) bond motifs is 2. The third-order valence-electron chi connectivity index (χ3n) is 4.76. The Morgan fingerprint density at radius 2 is 2.09 bits per heavy atom. The number of thiazole rings is 1. The van der Waals surface area contributed by atoms with Crippen LogP contribution in [0.1, 0.15) is 30.0 Å². The smallest absolute Gasteiger partial charge is 0.355 e. The molecule has 3 N–H and O–H groups in total. The van der Waals surface area contributed by atoms with E-state index in [-0.39, 0.29) is 30.3 Å². The fourth-order valence-electron chi connectivity index (χ4n) is 3.69. The first-order valence-corrected chi connectivity index (χ1v) is 8.29. The van der Waals surface area contributed by atoms with Crippen molar-refractivity contribution < 1.29 is 18.0 Å². The van der Waals surface area contributed by atoms with E-state index in [1.54, 1.807) is 0 Å². The van der Waals surface area contributed by atoms with Crippen molar-refractivity contribution in [3.05, 3.63) is 16.1 Å². The van der Waals surface area contributed by atoms with Crippen molar-refractivity contribution in [3.8, 4) is 0 Å². The molecule has 23 heavy (non-hydrogen) atoms. The van der Waals surface area contributed by atoms with Crippen molar-refractivity contribution in [3.63, 3.8) is 0 Å². The zero-order chi connectivity index (χ0) is 15.9. The number of aromatic nitrogens is 1. The molecule has 2 bridgehead atoms. The van der Waals surface area contributed by atoms with Gasteiger partial charge in [-0.3, -0.25) is 4.79 Å². The lowest BCUT2D eigenvalue weighted by Crippen LogP contribution is -2.45. The monoisotopic (exact) mass is 369 g/mol. The molecule has 3 rings (SSSR count). The van der Waals surface area contributed by atoms with E-state index in [2.05, 4.69) is 10.3 Å². The van der Waals surface area contributed by atoms with Gasteiger partial charge in [0.05, 0.1) is 10.9 Å². The van der Waals surface area contributed by atoms with Crippen LogP contribution in [0, 0.1) is 17.8 Å². The first-order valence-electron chi connectivity index (χ1n) is 7.41. The first kappa shape index (κ1) is 18.5. The maximum atomic E-state index is 12.4. The maximum absolute atomic E-state index is 12.4. The molecular formula is C14H19ClF3N3OS. The van der Waals surface area contributed by atoms with Gasteiger partial charge >= 0.3 is 6.18 Å². The molecule has 130 valence electrons. The summed E-state index contributed by atoms with van der Waals surface area (Å²) in [6, 6.07) is -0.0737. The van der Waals surface area contributed by atoms with Gasteiger partial charge in [0.15, 0.2) is 5.69 Å². The Bertz CT molecular complexity index is 564. The van der Waals surface area contributed by atoms with Crippen LogP contribution >= 0.6 is 23.7 Å². The maximum Gasteiger partial charge on any atom is 0.434 e. The van der Waals surface area contributed by atoms with E-state index in [9.17, 15) is 18.0 Å². The minimum absolute atomic E-state index is 0. The minimum Gasteiger partial charge on any atom is -0.355 e. The van der Waals surface area contributed by atoms with E-state index < -0.39 is 11.9 Å². The van der Waals surface area contributed by atoms with Crippen LogP contribution in [0.5, 0.6) is 0 Å². The number of nitrogens with one attached hydrogen (secondary N) is 1. The molecule has 2 fully saturated rings. The van der Waals surface area contributed by atoms with Crippen LogP contribution in [-0.4, -0.2) is 23.5 Å². The SMILES string of the molecule is Cl.NC1C2CCC(C2)C1C(=O)NCCc1nc(C(F)(F)F)cs1. The zero-order valence-corrected chi connectivity index (χ0v) is 13.9. The Kier molecular flexibility index (Phi) is 5.58. The molecule has 0 radical (unpaired) electrons. The number of alkyl halides is 3. The van der Waals surface area contributed by atoms with Crippen LogP contribution in [0.25, 0.3) is 0 Å². The third kappa shape index (κ3) is 3.80. The number of amides is 1. The quantitative estimate of drug-likeness (QED) is 0.857. The lowest BCUT2D eigenvalue weighted by atomic mass is 9.84. The summed E-state index contributed by atoms with van der Waals surface area (Å²) in [7, 11) is 0. The van der Waals surface area contributed by atoms with Gasteiger partial charge in [0.1, 0.15) is 0 Å². The summed E-state index contributed by atoms with van der Waals surface area (Å²) >= 11 is 0.966. The van der Waals surface area contributed by atoms with Gasteiger partial charge in [0.25, 0.3) is 0 Å². The Morgan fingerprint density at radius 3 is 2.65 bits per heavy atom. The Labute approximate surface area is 142 Å². The lowest BCUT2D eigenvalue weighted by molar-refractivity contribution is -0.140. The standard InChI is InChI=1S/C14H18F3N3OS.ClH/c15-14(16,17)9-6-22-10(20-9)3-4-19-13(21)11-7-1-2-8(5-7)12(11)18;/h6-8,11-12H,1-5,18H2,(H,19,21);1H. The summed E-state index contributed by atoms with van der Waals surface area (Å²) in [4.78, 5) is 15.8. The number of carbonyl (C=O) groups excluding carboxylic acids is 1. The second-order valence-electron chi connectivity index (χ2n) is 6.10. The van der Waals surface area contributed by atoms with Gasteiger partial charge in [0.2, 0.25) is 5.91 Å². The summed E-state index contributed by atoms with van der Waals surface area (Å²) in [5.41, 5.74) is 5.24. The Morgan fingerprint density at radius 1 is 1.39 bits per heavy atom. The van der Waals surface area contributed by atoms with Crippen LogP contribution in [0.2, 0.25) is 0 Å². The lowest BCUT2D eigenvalue weighted by Gasteiger charge is -2.26. The Hall–Kier alpha value is -0.860. The molecule has 4 nitrogen and oxygen atoms in total. The van der Waals surface area contributed by atoms with Crippen molar-refractivity contribution in [1.29, 1.82) is 0 Å². The largest absolute Gasteiger partial charge is 0.434 e. The van der Waals surface area contributed by atoms with Gasteiger partial charge in [-0.25, -0.2) is 4.98 Å². The van der Waals surface area contributed by atoms with E-state index in [1.165, 1.54) is 0 Å². The summed E-state index contributed by atoms with van der Waals surface area (Å²) in [5, 5.41) is 4.19. The summed E-state index contributed by atoms with van der Waals surface area (Å²) < 4.78 is 37.3. The average molecular weight is 370 g/mol. The molecule has 0 spiro atoms.